The highest BCUT2D eigenvalue weighted by Crippen LogP contribution is 2.36. The Kier molecular flexibility index (Phi) is 5.16. The van der Waals surface area contributed by atoms with Gasteiger partial charge in [-0.25, -0.2) is 0 Å². The monoisotopic (exact) mass is 284 g/mol. The van der Waals surface area contributed by atoms with E-state index in [-0.39, 0.29) is 11.2 Å². The molecule has 0 bridgehead atoms. The first kappa shape index (κ1) is 16.2. The molecule has 19 heavy (non-hydrogen) atoms. The minimum atomic E-state index is -0.271. The molecule has 0 N–H and O–H groups in total. The minimum Gasteiger partial charge on any atom is -0.484 e. The summed E-state index contributed by atoms with van der Waals surface area (Å²) in [6.45, 7) is 12.1. The molecule has 0 aliphatic heterocycles. The summed E-state index contributed by atoms with van der Waals surface area (Å²) < 4.78 is 17.0. The fourth-order valence-corrected chi connectivity index (χ4v) is 1.93. The van der Waals surface area contributed by atoms with Gasteiger partial charge in [0.1, 0.15) is 11.2 Å². The zero-order valence-corrected chi connectivity index (χ0v) is 13.7. The molecule has 0 saturated heterocycles. The summed E-state index contributed by atoms with van der Waals surface area (Å²) in [5.74, 6) is 1.49. The molecule has 0 atom stereocenters. The van der Waals surface area contributed by atoms with Gasteiger partial charge in [-0.3, -0.25) is 0 Å². The van der Waals surface area contributed by atoms with Gasteiger partial charge in [0.2, 0.25) is 0 Å². The Hall–Kier alpha value is -0.870. The smallest absolute Gasteiger partial charge is 0.163 e. The number of hydrogen-bond donors (Lipinski definition) is 0. The molecule has 0 aromatic heterocycles. The van der Waals surface area contributed by atoms with Gasteiger partial charge in [-0.2, -0.15) is 0 Å². The van der Waals surface area contributed by atoms with Gasteiger partial charge in [-0.05, 0) is 59.7 Å². The van der Waals surface area contributed by atoms with Crippen molar-refractivity contribution in [1.29, 1.82) is 0 Å². The predicted molar refractivity (Wildman–Crippen MR) is 80.1 cm³/mol. The maximum absolute atomic E-state index is 5.97. The van der Waals surface area contributed by atoms with Crippen molar-refractivity contribution in [3.05, 3.63) is 18.2 Å². The molecule has 0 aliphatic rings. The van der Waals surface area contributed by atoms with Crippen LogP contribution >= 0.6 is 12.0 Å². The largest absolute Gasteiger partial charge is 0.484 e. The van der Waals surface area contributed by atoms with Crippen molar-refractivity contribution in [2.45, 2.75) is 57.6 Å². The van der Waals surface area contributed by atoms with Crippen molar-refractivity contribution >= 4 is 12.0 Å². The fraction of sp³-hybridized carbons (Fsp3) is 0.600. The number of hydrogen-bond acceptors (Lipinski definition) is 4. The normalized spacial score (nSPS) is 12.4. The third kappa shape index (κ3) is 6.21. The molecule has 1 aromatic carbocycles. The molecule has 0 amide bonds. The van der Waals surface area contributed by atoms with Crippen LogP contribution < -0.4 is 9.47 Å². The second-order valence-electron chi connectivity index (χ2n) is 6.29. The predicted octanol–water partition coefficient (Wildman–Crippen LogP) is 4.69. The van der Waals surface area contributed by atoms with E-state index in [2.05, 4.69) is 0 Å². The molecule has 1 rings (SSSR count). The van der Waals surface area contributed by atoms with Crippen molar-refractivity contribution in [2.75, 3.05) is 7.11 Å². The number of ether oxygens (including phenoxy) is 2. The third-order valence-corrected chi connectivity index (χ3v) is 2.54. The summed E-state index contributed by atoms with van der Waals surface area (Å²) in [5, 5.41) is 0. The highest BCUT2D eigenvalue weighted by molar-refractivity contribution is 7.94. The summed E-state index contributed by atoms with van der Waals surface area (Å²) in [4.78, 5) is 0.989. The molecule has 0 radical (unpaired) electrons. The molecule has 0 aliphatic carbocycles. The lowest BCUT2D eigenvalue weighted by atomic mass is 10.1. The van der Waals surface area contributed by atoms with Crippen molar-refractivity contribution < 1.29 is 13.7 Å². The van der Waals surface area contributed by atoms with Crippen molar-refractivity contribution in [2.24, 2.45) is 0 Å². The van der Waals surface area contributed by atoms with Crippen LogP contribution in [0.2, 0.25) is 0 Å². The maximum Gasteiger partial charge on any atom is 0.163 e. The Morgan fingerprint density at radius 2 is 1.37 bits per heavy atom. The van der Waals surface area contributed by atoms with E-state index in [9.17, 15) is 0 Å². The van der Waals surface area contributed by atoms with E-state index in [0.717, 1.165) is 16.4 Å². The van der Waals surface area contributed by atoms with Crippen LogP contribution in [0.4, 0.5) is 0 Å². The van der Waals surface area contributed by atoms with E-state index >= 15 is 0 Å². The van der Waals surface area contributed by atoms with Crippen molar-refractivity contribution in [3.63, 3.8) is 0 Å². The summed E-state index contributed by atoms with van der Waals surface area (Å²) in [5.41, 5.74) is -0.529. The highest BCUT2D eigenvalue weighted by atomic mass is 32.2. The molecule has 0 fully saturated rings. The first-order chi connectivity index (χ1) is 8.61. The quantitative estimate of drug-likeness (QED) is 0.749. The molecule has 108 valence electrons. The van der Waals surface area contributed by atoms with Gasteiger partial charge in [0, 0.05) is 16.9 Å². The third-order valence-electron chi connectivity index (χ3n) is 1.93. The Balaban J connectivity index is 3.07. The van der Waals surface area contributed by atoms with E-state index in [1.165, 1.54) is 12.0 Å². The molecule has 0 heterocycles. The molecule has 0 unspecified atom stereocenters. The standard InChI is InChI=1S/C15H24O3S/c1-14(2,3)17-12-9-8-11(19-16-7)10-13(12)18-15(4,5)6/h8-10H,1-7H3. The lowest BCUT2D eigenvalue weighted by Gasteiger charge is -2.27. The van der Waals surface area contributed by atoms with Crippen molar-refractivity contribution in [1.82, 2.24) is 0 Å². The van der Waals surface area contributed by atoms with E-state index in [4.69, 9.17) is 13.7 Å². The van der Waals surface area contributed by atoms with Crippen LogP contribution in [0.3, 0.4) is 0 Å². The SMILES string of the molecule is COSc1ccc(OC(C)(C)C)c(OC(C)(C)C)c1. The summed E-state index contributed by atoms with van der Waals surface area (Å²) in [6.07, 6.45) is 0. The van der Waals surface area contributed by atoms with Gasteiger partial charge < -0.3 is 13.7 Å². The fourth-order valence-electron chi connectivity index (χ4n) is 1.46. The van der Waals surface area contributed by atoms with E-state index in [0.29, 0.717) is 0 Å². The molecule has 0 spiro atoms. The zero-order chi connectivity index (χ0) is 14.7. The number of rotatable bonds is 4. The van der Waals surface area contributed by atoms with Gasteiger partial charge in [0.05, 0.1) is 7.11 Å². The van der Waals surface area contributed by atoms with Gasteiger partial charge in [0.25, 0.3) is 0 Å². The van der Waals surface area contributed by atoms with Gasteiger partial charge in [-0.1, -0.05) is 0 Å². The first-order valence-corrected chi connectivity index (χ1v) is 7.08. The van der Waals surface area contributed by atoms with Gasteiger partial charge >= 0.3 is 0 Å². The second-order valence-corrected chi connectivity index (χ2v) is 7.26. The molecule has 3 nitrogen and oxygen atoms in total. The van der Waals surface area contributed by atoms with Crippen LogP contribution in [-0.2, 0) is 4.18 Å². The Labute approximate surface area is 120 Å². The summed E-state index contributed by atoms with van der Waals surface area (Å²) in [7, 11) is 1.65. The Morgan fingerprint density at radius 3 is 1.84 bits per heavy atom. The second kappa shape index (κ2) is 6.06. The highest BCUT2D eigenvalue weighted by Gasteiger charge is 2.20. The zero-order valence-electron chi connectivity index (χ0n) is 12.9. The van der Waals surface area contributed by atoms with E-state index in [1.807, 2.05) is 59.7 Å². The topological polar surface area (TPSA) is 27.7 Å². The first-order valence-electron chi connectivity index (χ1n) is 6.33. The number of benzene rings is 1. The van der Waals surface area contributed by atoms with Crippen LogP contribution in [-0.4, -0.2) is 18.3 Å². The van der Waals surface area contributed by atoms with E-state index < -0.39 is 0 Å². The molecule has 0 saturated carbocycles. The lowest BCUT2D eigenvalue weighted by Crippen LogP contribution is -2.26. The van der Waals surface area contributed by atoms with Crippen LogP contribution in [0.15, 0.2) is 23.1 Å². The van der Waals surface area contributed by atoms with Crippen LogP contribution in [0.1, 0.15) is 41.5 Å². The molecule has 4 heteroatoms. The molecular weight excluding hydrogens is 260 g/mol. The van der Waals surface area contributed by atoms with E-state index in [1.54, 1.807) is 7.11 Å². The Bertz CT molecular complexity index is 416. The maximum atomic E-state index is 5.97. The minimum absolute atomic E-state index is 0.258. The van der Waals surface area contributed by atoms with Gasteiger partial charge in [0.15, 0.2) is 11.5 Å². The average Bonchev–Trinajstić information content (AvgIpc) is 2.18. The lowest BCUT2D eigenvalue weighted by molar-refractivity contribution is 0.0954. The van der Waals surface area contributed by atoms with Crippen LogP contribution in [0.5, 0.6) is 11.5 Å². The van der Waals surface area contributed by atoms with Crippen molar-refractivity contribution in [3.8, 4) is 11.5 Å². The molecular formula is C15H24O3S. The average molecular weight is 284 g/mol. The van der Waals surface area contributed by atoms with Gasteiger partial charge in [-0.15, -0.1) is 0 Å². The Morgan fingerprint density at radius 1 is 0.842 bits per heavy atom. The van der Waals surface area contributed by atoms with Crippen LogP contribution in [0, 0.1) is 0 Å². The molecule has 1 aromatic rings. The van der Waals surface area contributed by atoms with Crippen LogP contribution in [0.25, 0.3) is 0 Å². The summed E-state index contributed by atoms with van der Waals surface area (Å²) in [6, 6.07) is 5.83. The summed E-state index contributed by atoms with van der Waals surface area (Å²) >= 11 is 1.31.